The molecular formula is C19H32O4. The van der Waals surface area contributed by atoms with Gasteiger partial charge in [0.15, 0.2) is 0 Å². The van der Waals surface area contributed by atoms with Crippen molar-refractivity contribution < 1.29 is 19.7 Å². The molecule has 4 nitrogen and oxygen atoms in total. The summed E-state index contributed by atoms with van der Waals surface area (Å²) < 4.78 is 11.3. The first-order valence-electron chi connectivity index (χ1n) is 9.75. The minimum absolute atomic E-state index is 0.0912. The SMILES string of the molecule is OC1CCC(C(CC2CO2)(CC2CO2)C2CCC(O)CC2)CC1. The fraction of sp³-hybridized carbons (Fsp3) is 1.00. The van der Waals surface area contributed by atoms with E-state index in [1.807, 2.05) is 0 Å². The zero-order chi connectivity index (χ0) is 15.9. The van der Waals surface area contributed by atoms with Crippen molar-refractivity contribution >= 4 is 0 Å². The number of hydrogen-bond donors (Lipinski definition) is 2. The van der Waals surface area contributed by atoms with E-state index in [1.54, 1.807) is 0 Å². The minimum atomic E-state index is -0.0912. The molecular weight excluding hydrogens is 292 g/mol. The van der Waals surface area contributed by atoms with E-state index in [1.165, 1.54) is 12.8 Å². The van der Waals surface area contributed by atoms with Crippen LogP contribution in [0.4, 0.5) is 0 Å². The molecule has 2 atom stereocenters. The smallest absolute Gasteiger partial charge is 0.0815 e. The van der Waals surface area contributed by atoms with Gasteiger partial charge in [0.25, 0.3) is 0 Å². The van der Waals surface area contributed by atoms with E-state index in [0.717, 1.165) is 64.6 Å². The van der Waals surface area contributed by atoms with Gasteiger partial charge in [0.2, 0.25) is 0 Å². The average Bonchev–Trinajstić information content (AvgIpc) is 3.45. The van der Waals surface area contributed by atoms with Crippen LogP contribution in [0.5, 0.6) is 0 Å². The van der Waals surface area contributed by atoms with E-state index in [9.17, 15) is 10.2 Å². The van der Waals surface area contributed by atoms with Gasteiger partial charge in [-0.15, -0.1) is 0 Å². The summed E-state index contributed by atoms with van der Waals surface area (Å²) in [6, 6.07) is 0. The lowest BCUT2D eigenvalue weighted by Crippen LogP contribution is -2.44. The van der Waals surface area contributed by atoms with Gasteiger partial charge in [-0.1, -0.05) is 0 Å². The predicted molar refractivity (Wildman–Crippen MR) is 87.1 cm³/mol. The molecule has 2 heterocycles. The minimum Gasteiger partial charge on any atom is -0.393 e. The quantitative estimate of drug-likeness (QED) is 0.737. The molecule has 4 aliphatic rings. The fourth-order valence-electron chi connectivity index (χ4n) is 5.60. The van der Waals surface area contributed by atoms with Crippen LogP contribution in [0.3, 0.4) is 0 Å². The summed E-state index contributed by atoms with van der Waals surface area (Å²) in [7, 11) is 0. The number of ether oxygens (including phenoxy) is 2. The molecule has 2 saturated heterocycles. The maximum Gasteiger partial charge on any atom is 0.0815 e. The molecule has 2 unspecified atom stereocenters. The van der Waals surface area contributed by atoms with Crippen LogP contribution in [0.2, 0.25) is 0 Å². The topological polar surface area (TPSA) is 65.5 Å². The maximum atomic E-state index is 9.94. The van der Waals surface area contributed by atoms with Crippen LogP contribution in [0.1, 0.15) is 64.2 Å². The number of aliphatic hydroxyl groups is 2. The highest BCUT2D eigenvalue weighted by Crippen LogP contribution is 2.56. The Balaban J connectivity index is 1.56. The van der Waals surface area contributed by atoms with Crippen LogP contribution in [0, 0.1) is 17.3 Å². The van der Waals surface area contributed by atoms with Crippen molar-refractivity contribution in [3.05, 3.63) is 0 Å². The molecule has 4 rings (SSSR count). The van der Waals surface area contributed by atoms with Gasteiger partial charge in [0, 0.05) is 0 Å². The number of epoxide rings is 2. The first-order chi connectivity index (χ1) is 11.2. The lowest BCUT2D eigenvalue weighted by Gasteiger charge is -2.50. The molecule has 23 heavy (non-hydrogen) atoms. The molecule has 0 radical (unpaired) electrons. The van der Waals surface area contributed by atoms with Gasteiger partial charge in [0.05, 0.1) is 37.6 Å². The third kappa shape index (κ3) is 3.76. The van der Waals surface area contributed by atoms with Crippen molar-refractivity contribution in [2.45, 2.75) is 88.6 Å². The van der Waals surface area contributed by atoms with Crippen LogP contribution >= 0.6 is 0 Å². The van der Waals surface area contributed by atoms with Gasteiger partial charge in [-0.05, 0) is 81.5 Å². The zero-order valence-corrected chi connectivity index (χ0v) is 14.2. The van der Waals surface area contributed by atoms with Gasteiger partial charge < -0.3 is 19.7 Å². The predicted octanol–water partition coefficient (Wildman–Crippen LogP) is 2.65. The Kier molecular flexibility index (Phi) is 4.70. The fourth-order valence-corrected chi connectivity index (χ4v) is 5.60. The molecule has 2 aliphatic heterocycles. The monoisotopic (exact) mass is 324 g/mol. The molecule has 0 aromatic carbocycles. The second-order valence-electron chi connectivity index (χ2n) is 8.56. The van der Waals surface area contributed by atoms with E-state index >= 15 is 0 Å². The first-order valence-corrected chi connectivity index (χ1v) is 9.75. The number of rotatable bonds is 6. The summed E-state index contributed by atoms with van der Waals surface area (Å²) in [4.78, 5) is 0. The third-order valence-corrected chi connectivity index (χ3v) is 7.04. The van der Waals surface area contributed by atoms with Gasteiger partial charge >= 0.3 is 0 Å². The lowest BCUT2D eigenvalue weighted by atomic mass is 9.55. The summed E-state index contributed by atoms with van der Waals surface area (Å²) in [5.74, 6) is 1.39. The van der Waals surface area contributed by atoms with E-state index in [4.69, 9.17) is 9.47 Å². The molecule has 0 aromatic heterocycles. The molecule has 2 N–H and O–H groups in total. The largest absolute Gasteiger partial charge is 0.393 e. The van der Waals surface area contributed by atoms with E-state index in [2.05, 4.69) is 0 Å². The van der Waals surface area contributed by atoms with Crippen molar-refractivity contribution in [3.8, 4) is 0 Å². The molecule has 0 spiro atoms. The summed E-state index contributed by atoms with van der Waals surface area (Å²) in [6.45, 7) is 1.86. The molecule has 2 aliphatic carbocycles. The normalized spacial score (nSPS) is 46.2. The van der Waals surface area contributed by atoms with E-state index < -0.39 is 0 Å². The Morgan fingerprint density at radius 1 is 0.652 bits per heavy atom. The van der Waals surface area contributed by atoms with Crippen LogP contribution in [-0.2, 0) is 9.47 Å². The number of hydrogen-bond acceptors (Lipinski definition) is 4. The Hall–Kier alpha value is -0.160. The Bertz CT molecular complexity index is 350. The second-order valence-corrected chi connectivity index (χ2v) is 8.56. The van der Waals surface area contributed by atoms with Crippen LogP contribution in [0.25, 0.3) is 0 Å². The van der Waals surface area contributed by atoms with Crippen molar-refractivity contribution in [2.24, 2.45) is 17.3 Å². The van der Waals surface area contributed by atoms with Crippen molar-refractivity contribution in [1.82, 2.24) is 0 Å². The molecule has 4 heteroatoms. The summed E-state index contributed by atoms with van der Waals surface area (Å²) >= 11 is 0. The van der Waals surface area contributed by atoms with Crippen LogP contribution < -0.4 is 0 Å². The molecule has 0 bridgehead atoms. The van der Waals surface area contributed by atoms with Crippen molar-refractivity contribution in [2.75, 3.05) is 13.2 Å². The van der Waals surface area contributed by atoms with Crippen LogP contribution in [0.15, 0.2) is 0 Å². The van der Waals surface area contributed by atoms with Crippen LogP contribution in [-0.4, -0.2) is 47.8 Å². The molecule has 0 amide bonds. The standard InChI is InChI=1S/C19H32O4/c20-15-5-1-13(2-6-15)19(9-17-11-22-17,10-18-12-23-18)14-3-7-16(21)8-4-14/h13-18,20-21H,1-12H2. The van der Waals surface area contributed by atoms with Crippen molar-refractivity contribution in [3.63, 3.8) is 0 Å². The number of aliphatic hydroxyl groups excluding tert-OH is 2. The average molecular weight is 324 g/mol. The van der Waals surface area contributed by atoms with Gasteiger partial charge in [-0.2, -0.15) is 0 Å². The molecule has 0 aromatic rings. The summed E-state index contributed by atoms with van der Waals surface area (Å²) in [5.41, 5.74) is 0.308. The Morgan fingerprint density at radius 3 is 1.30 bits per heavy atom. The Labute approximate surface area is 139 Å². The summed E-state index contributed by atoms with van der Waals surface area (Å²) in [5, 5.41) is 19.9. The molecule has 4 fully saturated rings. The van der Waals surface area contributed by atoms with E-state index in [0.29, 0.717) is 29.5 Å². The first kappa shape index (κ1) is 16.3. The maximum absolute atomic E-state index is 9.94. The highest BCUT2D eigenvalue weighted by molar-refractivity contribution is 5.01. The van der Waals surface area contributed by atoms with Gasteiger partial charge in [-0.25, -0.2) is 0 Å². The third-order valence-electron chi connectivity index (χ3n) is 7.04. The van der Waals surface area contributed by atoms with E-state index in [-0.39, 0.29) is 12.2 Å². The second kappa shape index (κ2) is 6.62. The highest BCUT2D eigenvalue weighted by Gasteiger charge is 2.52. The highest BCUT2D eigenvalue weighted by atomic mass is 16.6. The summed E-state index contributed by atoms with van der Waals surface area (Å²) in [6.07, 6.45) is 11.5. The van der Waals surface area contributed by atoms with Gasteiger partial charge in [-0.3, -0.25) is 0 Å². The lowest BCUT2D eigenvalue weighted by molar-refractivity contribution is -0.0399. The van der Waals surface area contributed by atoms with Gasteiger partial charge in [0.1, 0.15) is 0 Å². The molecule has 2 saturated carbocycles. The van der Waals surface area contributed by atoms with Crippen molar-refractivity contribution in [1.29, 1.82) is 0 Å². The molecule has 132 valence electrons. The zero-order valence-electron chi connectivity index (χ0n) is 14.2. The Morgan fingerprint density at radius 2 is 1.00 bits per heavy atom.